The SMILES string of the molecule is [CH2]CC(=O)NCC(C)(C)C. The molecule has 2 nitrogen and oxygen atoms in total. The van der Waals surface area contributed by atoms with Crippen LogP contribution in [0.15, 0.2) is 0 Å². The highest BCUT2D eigenvalue weighted by molar-refractivity contribution is 5.76. The van der Waals surface area contributed by atoms with Gasteiger partial charge >= 0.3 is 0 Å². The molecule has 0 atom stereocenters. The van der Waals surface area contributed by atoms with Crippen molar-refractivity contribution in [3.63, 3.8) is 0 Å². The monoisotopic (exact) mass is 142 g/mol. The molecule has 0 saturated carbocycles. The van der Waals surface area contributed by atoms with Gasteiger partial charge in [-0.3, -0.25) is 4.79 Å². The summed E-state index contributed by atoms with van der Waals surface area (Å²) in [4.78, 5) is 10.7. The first-order chi connectivity index (χ1) is 4.45. The molecule has 59 valence electrons. The summed E-state index contributed by atoms with van der Waals surface area (Å²) < 4.78 is 0. The smallest absolute Gasteiger partial charge is 0.220 e. The fourth-order valence-electron chi connectivity index (χ4n) is 0.452. The van der Waals surface area contributed by atoms with Crippen molar-refractivity contribution in [3.8, 4) is 0 Å². The molecule has 0 heterocycles. The van der Waals surface area contributed by atoms with Crippen molar-refractivity contribution in [3.05, 3.63) is 6.92 Å². The molecule has 0 fully saturated rings. The van der Waals surface area contributed by atoms with E-state index in [1.165, 1.54) is 0 Å². The second-order valence-electron chi connectivity index (χ2n) is 3.59. The minimum absolute atomic E-state index is 0.0231. The molecule has 0 aromatic heterocycles. The van der Waals surface area contributed by atoms with E-state index in [2.05, 4.69) is 33.0 Å². The predicted octanol–water partition coefficient (Wildman–Crippen LogP) is 1.37. The molecule has 0 aliphatic rings. The minimum atomic E-state index is 0.0231. The van der Waals surface area contributed by atoms with Crippen LogP contribution in [0.1, 0.15) is 27.2 Å². The molecule has 0 aromatic rings. The molecule has 0 saturated heterocycles. The predicted molar refractivity (Wildman–Crippen MR) is 42.4 cm³/mol. The standard InChI is InChI=1S/C8H16NO/c1-5-7(10)9-6-8(2,3)4/h1,5-6H2,2-4H3,(H,9,10). The summed E-state index contributed by atoms with van der Waals surface area (Å²) >= 11 is 0. The minimum Gasteiger partial charge on any atom is -0.356 e. The van der Waals surface area contributed by atoms with E-state index in [1.807, 2.05) is 0 Å². The zero-order valence-corrected chi connectivity index (χ0v) is 7.03. The molecular formula is C8H16NO. The third-order valence-electron chi connectivity index (χ3n) is 1.04. The van der Waals surface area contributed by atoms with E-state index in [-0.39, 0.29) is 11.3 Å². The number of carbonyl (C=O) groups is 1. The van der Waals surface area contributed by atoms with E-state index in [1.54, 1.807) is 0 Å². The summed E-state index contributed by atoms with van der Waals surface area (Å²) in [5.74, 6) is 0.0231. The molecule has 0 spiro atoms. The fraction of sp³-hybridized carbons (Fsp3) is 0.750. The van der Waals surface area contributed by atoms with Gasteiger partial charge in [-0.05, 0) is 12.3 Å². The second-order valence-corrected chi connectivity index (χ2v) is 3.59. The zero-order chi connectivity index (χ0) is 8.20. The van der Waals surface area contributed by atoms with E-state index in [4.69, 9.17) is 0 Å². The molecule has 2 heteroatoms. The lowest BCUT2D eigenvalue weighted by atomic mass is 9.97. The summed E-state index contributed by atoms with van der Waals surface area (Å²) in [6.45, 7) is 10.4. The van der Waals surface area contributed by atoms with Gasteiger partial charge in [-0.25, -0.2) is 0 Å². The number of carbonyl (C=O) groups excluding carboxylic acids is 1. The van der Waals surface area contributed by atoms with Gasteiger partial charge in [-0.2, -0.15) is 0 Å². The third kappa shape index (κ3) is 5.60. The van der Waals surface area contributed by atoms with Gasteiger partial charge in [0.15, 0.2) is 0 Å². The molecule has 1 amide bonds. The first-order valence-electron chi connectivity index (χ1n) is 3.51. The van der Waals surface area contributed by atoms with Crippen molar-refractivity contribution >= 4 is 5.91 Å². The Hall–Kier alpha value is -0.530. The molecule has 0 aliphatic carbocycles. The number of hydrogen-bond acceptors (Lipinski definition) is 1. The quantitative estimate of drug-likeness (QED) is 0.620. The maximum Gasteiger partial charge on any atom is 0.220 e. The van der Waals surface area contributed by atoms with Crippen LogP contribution in [-0.2, 0) is 4.79 Å². The van der Waals surface area contributed by atoms with Crippen LogP contribution in [0.25, 0.3) is 0 Å². The van der Waals surface area contributed by atoms with Crippen molar-refractivity contribution in [2.24, 2.45) is 5.41 Å². The lowest BCUT2D eigenvalue weighted by Gasteiger charge is -2.18. The molecule has 0 aliphatic heterocycles. The average molecular weight is 142 g/mol. The van der Waals surface area contributed by atoms with Crippen LogP contribution in [0.5, 0.6) is 0 Å². The molecule has 0 unspecified atom stereocenters. The van der Waals surface area contributed by atoms with Gasteiger partial charge in [0, 0.05) is 13.0 Å². The first kappa shape index (κ1) is 9.47. The van der Waals surface area contributed by atoms with Crippen LogP contribution in [0, 0.1) is 12.3 Å². The van der Waals surface area contributed by atoms with E-state index in [9.17, 15) is 4.79 Å². The van der Waals surface area contributed by atoms with Gasteiger partial charge in [0.2, 0.25) is 5.91 Å². The van der Waals surface area contributed by atoms with Gasteiger partial charge in [0.05, 0.1) is 0 Å². The highest BCUT2D eigenvalue weighted by Crippen LogP contribution is 2.09. The summed E-state index contributed by atoms with van der Waals surface area (Å²) in [6.07, 6.45) is 0.329. The zero-order valence-electron chi connectivity index (χ0n) is 7.03. The van der Waals surface area contributed by atoms with Crippen molar-refractivity contribution in [1.29, 1.82) is 0 Å². The van der Waals surface area contributed by atoms with Gasteiger partial charge < -0.3 is 5.32 Å². The molecule has 1 N–H and O–H groups in total. The lowest BCUT2D eigenvalue weighted by molar-refractivity contribution is -0.120. The van der Waals surface area contributed by atoms with Crippen LogP contribution in [-0.4, -0.2) is 12.5 Å². The third-order valence-corrected chi connectivity index (χ3v) is 1.04. The summed E-state index contributed by atoms with van der Waals surface area (Å²) in [6, 6.07) is 0. The number of hydrogen-bond donors (Lipinski definition) is 1. The molecule has 10 heavy (non-hydrogen) atoms. The molecule has 0 aromatic carbocycles. The second kappa shape index (κ2) is 3.59. The van der Waals surface area contributed by atoms with Crippen LogP contribution < -0.4 is 5.32 Å². The van der Waals surface area contributed by atoms with Crippen LogP contribution in [0.4, 0.5) is 0 Å². The van der Waals surface area contributed by atoms with Gasteiger partial charge in [0.1, 0.15) is 0 Å². The number of rotatable bonds is 2. The van der Waals surface area contributed by atoms with Crippen molar-refractivity contribution < 1.29 is 4.79 Å². The lowest BCUT2D eigenvalue weighted by Crippen LogP contribution is -2.31. The maximum absolute atomic E-state index is 10.7. The van der Waals surface area contributed by atoms with Crippen LogP contribution in [0.3, 0.4) is 0 Å². The Labute approximate surface area is 63.0 Å². The van der Waals surface area contributed by atoms with Gasteiger partial charge in [-0.15, -0.1) is 0 Å². The number of amides is 1. The molecular weight excluding hydrogens is 126 g/mol. The van der Waals surface area contributed by atoms with E-state index >= 15 is 0 Å². The van der Waals surface area contributed by atoms with Gasteiger partial charge in [0.25, 0.3) is 0 Å². The fourth-order valence-corrected chi connectivity index (χ4v) is 0.452. The summed E-state index contributed by atoms with van der Waals surface area (Å²) in [5.41, 5.74) is 0.171. The molecule has 0 rings (SSSR count). The van der Waals surface area contributed by atoms with Gasteiger partial charge in [-0.1, -0.05) is 20.8 Å². The first-order valence-corrected chi connectivity index (χ1v) is 3.51. The maximum atomic E-state index is 10.7. The largest absolute Gasteiger partial charge is 0.356 e. The Morgan fingerprint density at radius 3 is 2.30 bits per heavy atom. The van der Waals surface area contributed by atoms with Crippen molar-refractivity contribution in [2.45, 2.75) is 27.2 Å². The Balaban J connectivity index is 3.46. The molecule has 0 bridgehead atoms. The summed E-state index contributed by atoms with van der Waals surface area (Å²) in [7, 11) is 0. The Bertz CT molecular complexity index is 113. The van der Waals surface area contributed by atoms with Crippen LogP contribution in [0.2, 0.25) is 0 Å². The van der Waals surface area contributed by atoms with Crippen LogP contribution >= 0.6 is 0 Å². The Morgan fingerprint density at radius 2 is 2.00 bits per heavy atom. The van der Waals surface area contributed by atoms with Crippen molar-refractivity contribution in [1.82, 2.24) is 5.32 Å². The van der Waals surface area contributed by atoms with Crippen molar-refractivity contribution in [2.75, 3.05) is 6.54 Å². The van der Waals surface area contributed by atoms with E-state index in [0.29, 0.717) is 6.42 Å². The normalized spacial score (nSPS) is 11.2. The highest BCUT2D eigenvalue weighted by atomic mass is 16.1. The highest BCUT2D eigenvalue weighted by Gasteiger charge is 2.10. The van der Waals surface area contributed by atoms with E-state index < -0.39 is 0 Å². The topological polar surface area (TPSA) is 29.1 Å². The average Bonchev–Trinajstić information content (AvgIpc) is 1.81. The Morgan fingerprint density at radius 1 is 1.50 bits per heavy atom. The van der Waals surface area contributed by atoms with E-state index in [0.717, 1.165) is 6.54 Å². The summed E-state index contributed by atoms with van der Waals surface area (Å²) in [5, 5.41) is 2.77. The molecule has 1 radical (unpaired) electrons. The number of nitrogens with one attached hydrogen (secondary N) is 1. The Kier molecular flexibility index (Phi) is 3.40.